The van der Waals surface area contributed by atoms with E-state index < -0.39 is 17.6 Å². The van der Waals surface area contributed by atoms with E-state index in [1.165, 1.54) is 24.3 Å². The number of carbonyl (C=O) groups excluding carboxylic acids is 2. The van der Waals surface area contributed by atoms with Gasteiger partial charge in [-0.05, 0) is 35.9 Å². The predicted molar refractivity (Wildman–Crippen MR) is 98.5 cm³/mol. The zero-order valence-corrected chi connectivity index (χ0v) is 14.3. The van der Waals surface area contributed by atoms with Crippen LogP contribution in [0.1, 0.15) is 26.3 Å². The highest BCUT2D eigenvalue weighted by atomic mass is 19.1. The number of carbonyl (C=O) groups is 2. The first-order chi connectivity index (χ1) is 13.1. The van der Waals surface area contributed by atoms with Crippen LogP contribution in [0, 0.1) is 5.82 Å². The fraction of sp³-hybridized carbons (Fsp3) is 0.0476. The SMILES string of the molecule is O=C(NNC(=O)c1ccccc1F)c1cccc(OCc2ccccc2)c1. The van der Waals surface area contributed by atoms with Crippen LogP contribution in [0.3, 0.4) is 0 Å². The van der Waals surface area contributed by atoms with Crippen molar-refractivity contribution >= 4 is 11.8 Å². The van der Waals surface area contributed by atoms with Gasteiger partial charge in [-0.3, -0.25) is 20.4 Å². The Morgan fingerprint density at radius 1 is 0.815 bits per heavy atom. The van der Waals surface area contributed by atoms with Gasteiger partial charge in [0, 0.05) is 5.56 Å². The summed E-state index contributed by atoms with van der Waals surface area (Å²) in [4.78, 5) is 24.2. The molecule has 6 heteroatoms. The van der Waals surface area contributed by atoms with Gasteiger partial charge in [-0.2, -0.15) is 0 Å². The van der Waals surface area contributed by atoms with Gasteiger partial charge < -0.3 is 4.74 Å². The second-order valence-electron chi connectivity index (χ2n) is 5.69. The molecule has 0 aliphatic carbocycles. The first kappa shape index (κ1) is 18.1. The molecule has 0 radical (unpaired) electrons. The smallest absolute Gasteiger partial charge is 0.272 e. The Hall–Kier alpha value is -3.67. The van der Waals surface area contributed by atoms with Crippen molar-refractivity contribution in [3.8, 4) is 5.75 Å². The number of hydrogen-bond acceptors (Lipinski definition) is 3. The molecule has 0 fully saturated rings. The van der Waals surface area contributed by atoms with Crippen molar-refractivity contribution in [3.63, 3.8) is 0 Å². The first-order valence-electron chi connectivity index (χ1n) is 8.25. The van der Waals surface area contributed by atoms with Gasteiger partial charge in [0.15, 0.2) is 0 Å². The Labute approximate surface area is 155 Å². The maximum Gasteiger partial charge on any atom is 0.272 e. The third-order valence-electron chi connectivity index (χ3n) is 3.75. The predicted octanol–water partition coefficient (Wildman–Crippen LogP) is 3.48. The van der Waals surface area contributed by atoms with Crippen molar-refractivity contribution in [1.82, 2.24) is 10.9 Å². The minimum atomic E-state index is -0.738. The molecule has 0 aromatic heterocycles. The molecule has 0 spiro atoms. The summed E-state index contributed by atoms with van der Waals surface area (Å²) < 4.78 is 19.3. The Kier molecular flexibility index (Phi) is 5.79. The van der Waals surface area contributed by atoms with Crippen molar-refractivity contribution in [3.05, 3.63) is 101 Å². The normalized spacial score (nSPS) is 10.1. The van der Waals surface area contributed by atoms with E-state index >= 15 is 0 Å². The fourth-order valence-corrected chi connectivity index (χ4v) is 2.37. The molecule has 3 aromatic rings. The molecule has 3 rings (SSSR count). The van der Waals surface area contributed by atoms with Crippen LogP contribution in [0.5, 0.6) is 5.75 Å². The van der Waals surface area contributed by atoms with E-state index in [0.29, 0.717) is 17.9 Å². The number of hydrazine groups is 1. The molecule has 136 valence electrons. The molecular formula is C21H17FN2O3. The zero-order chi connectivity index (χ0) is 19.1. The molecule has 2 amide bonds. The number of benzene rings is 3. The summed E-state index contributed by atoms with van der Waals surface area (Å²) in [5.74, 6) is -1.42. The van der Waals surface area contributed by atoms with Crippen molar-refractivity contribution in [2.24, 2.45) is 0 Å². The van der Waals surface area contributed by atoms with Gasteiger partial charge in [0.05, 0.1) is 5.56 Å². The van der Waals surface area contributed by atoms with Gasteiger partial charge in [-0.15, -0.1) is 0 Å². The first-order valence-corrected chi connectivity index (χ1v) is 8.25. The standard InChI is InChI=1S/C21H17FN2O3/c22-19-12-5-4-11-18(19)21(26)24-23-20(25)16-9-6-10-17(13-16)27-14-15-7-2-1-3-8-15/h1-13H,14H2,(H,23,25)(H,24,26). The third kappa shape index (κ3) is 4.92. The van der Waals surface area contributed by atoms with E-state index in [2.05, 4.69) is 10.9 Å². The summed E-state index contributed by atoms with van der Waals surface area (Å²) in [6.45, 7) is 0.371. The topological polar surface area (TPSA) is 67.4 Å². The monoisotopic (exact) mass is 364 g/mol. The largest absolute Gasteiger partial charge is 0.489 e. The highest BCUT2D eigenvalue weighted by Gasteiger charge is 2.13. The second kappa shape index (κ2) is 8.62. The molecule has 5 nitrogen and oxygen atoms in total. The lowest BCUT2D eigenvalue weighted by Crippen LogP contribution is -2.41. The molecule has 0 atom stereocenters. The molecule has 3 aromatic carbocycles. The van der Waals surface area contributed by atoms with Crippen molar-refractivity contribution in [1.29, 1.82) is 0 Å². The van der Waals surface area contributed by atoms with E-state index in [-0.39, 0.29) is 5.56 Å². The zero-order valence-electron chi connectivity index (χ0n) is 14.3. The van der Waals surface area contributed by atoms with Gasteiger partial charge in [0.25, 0.3) is 11.8 Å². The number of hydrogen-bond donors (Lipinski definition) is 2. The number of amides is 2. The number of ether oxygens (including phenoxy) is 1. The van der Waals surface area contributed by atoms with Crippen molar-refractivity contribution in [2.75, 3.05) is 0 Å². The summed E-state index contributed by atoms with van der Waals surface area (Å²) in [5, 5.41) is 0. The minimum Gasteiger partial charge on any atom is -0.489 e. The van der Waals surface area contributed by atoms with Crippen molar-refractivity contribution in [2.45, 2.75) is 6.61 Å². The van der Waals surface area contributed by atoms with E-state index in [4.69, 9.17) is 4.74 Å². The van der Waals surface area contributed by atoms with Crippen LogP contribution in [0.15, 0.2) is 78.9 Å². The molecule has 27 heavy (non-hydrogen) atoms. The van der Waals surface area contributed by atoms with Gasteiger partial charge >= 0.3 is 0 Å². The Morgan fingerprint density at radius 3 is 2.30 bits per heavy atom. The summed E-state index contributed by atoms with van der Waals surface area (Å²) in [7, 11) is 0. The summed E-state index contributed by atoms with van der Waals surface area (Å²) in [5.41, 5.74) is 5.61. The fourth-order valence-electron chi connectivity index (χ4n) is 2.37. The third-order valence-corrected chi connectivity index (χ3v) is 3.75. The van der Waals surface area contributed by atoms with Crippen molar-refractivity contribution < 1.29 is 18.7 Å². The molecule has 2 N–H and O–H groups in total. The van der Waals surface area contributed by atoms with Crippen LogP contribution >= 0.6 is 0 Å². The highest BCUT2D eigenvalue weighted by Crippen LogP contribution is 2.15. The van der Waals surface area contributed by atoms with E-state index in [0.717, 1.165) is 5.56 Å². The average molecular weight is 364 g/mol. The van der Waals surface area contributed by atoms with Gasteiger partial charge in [0.1, 0.15) is 18.2 Å². The van der Waals surface area contributed by atoms with Crippen LogP contribution in [-0.2, 0) is 6.61 Å². The Balaban J connectivity index is 1.58. The van der Waals surface area contributed by atoms with Crippen LogP contribution in [0.2, 0.25) is 0 Å². The molecule has 0 unspecified atom stereocenters. The number of rotatable bonds is 5. The molecule has 0 aliphatic rings. The molecular weight excluding hydrogens is 347 g/mol. The number of nitrogens with one attached hydrogen (secondary N) is 2. The van der Waals surface area contributed by atoms with Gasteiger partial charge in [-0.25, -0.2) is 4.39 Å². The van der Waals surface area contributed by atoms with Crippen LogP contribution in [0.4, 0.5) is 4.39 Å². The lowest BCUT2D eigenvalue weighted by molar-refractivity contribution is 0.0844. The number of halogens is 1. The van der Waals surface area contributed by atoms with Gasteiger partial charge in [-0.1, -0.05) is 48.5 Å². The Bertz CT molecular complexity index is 945. The van der Waals surface area contributed by atoms with E-state index in [9.17, 15) is 14.0 Å². The molecule has 0 bridgehead atoms. The van der Waals surface area contributed by atoms with E-state index in [1.807, 2.05) is 30.3 Å². The molecule has 0 aliphatic heterocycles. The quantitative estimate of drug-likeness (QED) is 0.681. The summed E-state index contributed by atoms with van der Waals surface area (Å²) >= 11 is 0. The van der Waals surface area contributed by atoms with Crippen LogP contribution < -0.4 is 15.6 Å². The second-order valence-corrected chi connectivity index (χ2v) is 5.69. The molecule has 0 saturated carbocycles. The maximum atomic E-state index is 13.6. The van der Waals surface area contributed by atoms with Crippen LogP contribution in [-0.4, -0.2) is 11.8 Å². The Morgan fingerprint density at radius 2 is 1.52 bits per heavy atom. The summed E-state index contributed by atoms with van der Waals surface area (Å²) in [6.07, 6.45) is 0. The van der Waals surface area contributed by atoms with E-state index in [1.54, 1.807) is 24.3 Å². The van der Waals surface area contributed by atoms with Crippen LogP contribution in [0.25, 0.3) is 0 Å². The lowest BCUT2D eigenvalue weighted by atomic mass is 10.2. The molecule has 0 heterocycles. The maximum absolute atomic E-state index is 13.6. The molecule has 0 saturated heterocycles. The average Bonchev–Trinajstić information content (AvgIpc) is 2.71. The lowest BCUT2D eigenvalue weighted by Gasteiger charge is -2.10. The highest BCUT2D eigenvalue weighted by molar-refractivity contribution is 5.99. The minimum absolute atomic E-state index is 0.155. The van der Waals surface area contributed by atoms with Gasteiger partial charge in [0.2, 0.25) is 0 Å². The summed E-state index contributed by atoms with van der Waals surface area (Å²) in [6, 6.07) is 21.7.